The van der Waals surface area contributed by atoms with E-state index in [-0.39, 0.29) is 11.4 Å². The van der Waals surface area contributed by atoms with Crippen molar-refractivity contribution in [1.82, 2.24) is 4.98 Å². The van der Waals surface area contributed by atoms with Crippen LogP contribution in [0.3, 0.4) is 0 Å². The largest absolute Gasteiger partial charge is 0.417 e. The molecule has 1 heterocycles. The molecule has 0 aliphatic rings. The molecule has 0 N–H and O–H groups in total. The summed E-state index contributed by atoms with van der Waals surface area (Å²) in [6.45, 7) is 0. The molecule has 8 heteroatoms. The lowest BCUT2D eigenvalue weighted by Gasteiger charge is -2.10. The van der Waals surface area contributed by atoms with Gasteiger partial charge in [-0.3, -0.25) is 9.78 Å². The molecule has 0 fully saturated rings. The van der Waals surface area contributed by atoms with Crippen LogP contribution in [0.2, 0.25) is 5.02 Å². The number of ketones is 1. The van der Waals surface area contributed by atoms with E-state index in [0.717, 1.165) is 17.7 Å². The first kappa shape index (κ1) is 19.3. The lowest BCUT2D eigenvalue weighted by atomic mass is 10.0. The topological polar surface area (TPSA) is 53.8 Å². The molecule has 25 heavy (non-hydrogen) atoms. The number of carbonyl (C=O) groups is 1. The lowest BCUT2D eigenvalue weighted by molar-refractivity contribution is -0.137. The van der Waals surface area contributed by atoms with Crippen LogP contribution >= 0.6 is 23.4 Å². The van der Waals surface area contributed by atoms with Gasteiger partial charge in [-0.05, 0) is 29.8 Å². The Labute approximate surface area is 151 Å². The maximum absolute atomic E-state index is 12.5. The zero-order chi connectivity index (χ0) is 18.4. The van der Waals surface area contributed by atoms with Gasteiger partial charge in [-0.2, -0.15) is 18.4 Å². The van der Waals surface area contributed by atoms with Crippen LogP contribution in [0.1, 0.15) is 22.7 Å². The van der Waals surface area contributed by atoms with Gasteiger partial charge in [0.05, 0.1) is 23.1 Å². The second-order valence-electron chi connectivity index (χ2n) is 5.12. The Balaban J connectivity index is 1.96. The molecule has 0 saturated carbocycles. The molecule has 1 atom stereocenters. The second kappa shape index (κ2) is 8.37. The first-order chi connectivity index (χ1) is 11.8. The Morgan fingerprint density at radius 2 is 1.92 bits per heavy atom. The van der Waals surface area contributed by atoms with E-state index in [1.54, 1.807) is 12.1 Å². The van der Waals surface area contributed by atoms with Crippen LogP contribution in [0.25, 0.3) is 0 Å². The molecule has 0 aliphatic heterocycles. The highest BCUT2D eigenvalue weighted by Crippen LogP contribution is 2.29. The van der Waals surface area contributed by atoms with E-state index in [0.29, 0.717) is 17.0 Å². The third-order valence-electron chi connectivity index (χ3n) is 3.29. The highest BCUT2D eigenvalue weighted by molar-refractivity contribution is 7.99. The fourth-order valence-electron chi connectivity index (χ4n) is 1.98. The summed E-state index contributed by atoms with van der Waals surface area (Å²) in [6.07, 6.45) is -3.88. The van der Waals surface area contributed by atoms with Gasteiger partial charge in [0, 0.05) is 17.0 Å². The second-order valence-corrected chi connectivity index (χ2v) is 6.54. The monoisotopic (exact) mass is 384 g/mol. The van der Waals surface area contributed by atoms with E-state index in [2.05, 4.69) is 4.98 Å². The molecule has 1 aromatic heterocycles. The third kappa shape index (κ3) is 5.48. The van der Waals surface area contributed by atoms with Crippen molar-refractivity contribution in [3.8, 4) is 6.07 Å². The van der Waals surface area contributed by atoms with Gasteiger partial charge in [-0.1, -0.05) is 23.7 Å². The normalized spacial score (nSPS) is 12.4. The average molecular weight is 385 g/mol. The van der Waals surface area contributed by atoms with Crippen LogP contribution in [0, 0.1) is 11.3 Å². The Kier molecular flexibility index (Phi) is 6.45. The summed E-state index contributed by atoms with van der Waals surface area (Å²) in [5.41, 5.74) is 0.0773. The Bertz CT molecular complexity index is 770. The van der Waals surface area contributed by atoms with Crippen molar-refractivity contribution in [2.75, 3.05) is 5.75 Å². The molecule has 1 unspecified atom stereocenters. The molecule has 0 bridgehead atoms. The van der Waals surface area contributed by atoms with Crippen LogP contribution < -0.4 is 0 Å². The molecule has 2 rings (SSSR count). The maximum Gasteiger partial charge on any atom is 0.417 e. The van der Waals surface area contributed by atoms with E-state index in [1.807, 2.05) is 18.2 Å². The predicted octanol–water partition coefficient (Wildman–Crippen LogP) is 4.86. The number of rotatable bonds is 6. The number of thioether (sulfide) groups is 1. The Morgan fingerprint density at radius 1 is 1.24 bits per heavy atom. The molecule has 0 aliphatic carbocycles. The average Bonchev–Trinajstić information content (AvgIpc) is 2.57. The summed E-state index contributed by atoms with van der Waals surface area (Å²) in [6, 6.07) is 10.8. The minimum absolute atomic E-state index is 0.0209. The molecule has 1 aromatic carbocycles. The van der Waals surface area contributed by atoms with Crippen LogP contribution in [-0.4, -0.2) is 16.5 Å². The predicted molar refractivity (Wildman–Crippen MR) is 90.2 cm³/mol. The summed E-state index contributed by atoms with van der Waals surface area (Å²) in [4.78, 5) is 15.8. The number of carbonyl (C=O) groups excluding carboxylic acids is 1. The van der Waals surface area contributed by atoms with Gasteiger partial charge < -0.3 is 0 Å². The quantitative estimate of drug-likeness (QED) is 0.713. The number of nitriles is 1. The summed E-state index contributed by atoms with van der Waals surface area (Å²) < 4.78 is 37.6. The standard InChI is InChI=1S/C17H12ClF3N2OS/c18-13-4-1-11(2-5-13)9-25-10-16(24)14(7-22)15-6-3-12(8-23-15)17(19,20)21/h1-6,8,14H,9-10H2. The smallest absolute Gasteiger partial charge is 0.297 e. The van der Waals surface area contributed by atoms with Crippen LogP contribution in [0.5, 0.6) is 0 Å². The zero-order valence-electron chi connectivity index (χ0n) is 12.8. The first-order valence-electron chi connectivity index (χ1n) is 7.09. The SMILES string of the molecule is N#CC(C(=O)CSCc1ccc(Cl)cc1)c1ccc(C(F)(F)F)cn1. The molecular formula is C17H12ClF3N2OS. The number of pyridine rings is 1. The fraction of sp³-hybridized carbons (Fsp3) is 0.235. The van der Waals surface area contributed by atoms with Crippen molar-refractivity contribution >= 4 is 29.1 Å². The number of alkyl halides is 3. The van der Waals surface area contributed by atoms with E-state index in [1.165, 1.54) is 11.8 Å². The highest BCUT2D eigenvalue weighted by atomic mass is 35.5. The summed E-state index contributed by atoms with van der Waals surface area (Å²) >= 11 is 7.10. The van der Waals surface area contributed by atoms with Crippen molar-refractivity contribution in [1.29, 1.82) is 5.26 Å². The number of halogens is 4. The number of aromatic nitrogens is 1. The Morgan fingerprint density at radius 3 is 2.44 bits per heavy atom. The van der Waals surface area contributed by atoms with Crippen molar-refractivity contribution < 1.29 is 18.0 Å². The number of hydrogen-bond acceptors (Lipinski definition) is 4. The zero-order valence-corrected chi connectivity index (χ0v) is 14.3. The molecule has 0 amide bonds. The van der Waals surface area contributed by atoms with E-state index in [9.17, 15) is 18.0 Å². The summed E-state index contributed by atoms with van der Waals surface area (Å²) in [5.74, 6) is -0.959. The van der Waals surface area contributed by atoms with E-state index in [4.69, 9.17) is 16.9 Å². The third-order valence-corrected chi connectivity index (χ3v) is 4.56. The number of nitrogens with zero attached hydrogens (tertiary/aromatic N) is 2. The van der Waals surface area contributed by atoms with Crippen LogP contribution in [0.15, 0.2) is 42.6 Å². The van der Waals surface area contributed by atoms with Gasteiger partial charge in [0.1, 0.15) is 5.92 Å². The van der Waals surface area contributed by atoms with Gasteiger partial charge >= 0.3 is 6.18 Å². The van der Waals surface area contributed by atoms with Gasteiger partial charge in [0.25, 0.3) is 0 Å². The molecule has 0 radical (unpaired) electrons. The van der Waals surface area contributed by atoms with Gasteiger partial charge in [0.15, 0.2) is 5.78 Å². The first-order valence-corrected chi connectivity index (χ1v) is 8.62. The van der Waals surface area contributed by atoms with Gasteiger partial charge in [0.2, 0.25) is 0 Å². The molecule has 0 saturated heterocycles. The maximum atomic E-state index is 12.5. The molecule has 0 spiro atoms. The molecule has 2 aromatic rings. The van der Waals surface area contributed by atoms with Gasteiger partial charge in [-0.25, -0.2) is 0 Å². The molecule has 3 nitrogen and oxygen atoms in total. The van der Waals surface area contributed by atoms with Crippen molar-refractivity contribution in [3.05, 3.63) is 64.4 Å². The van der Waals surface area contributed by atoms with Gasteiger partial charge in [-0.15, -0.1) is 11.8 Å². The van der Waals surface area contributed by atoms with E-state index < -0.39 is 23.4 Å². The minimum Gasteiger partial charge on any atom is -0.297 e. The highest BCUT2D eigenvalue weighted by Gasteiger charge is 2.31. The van der Waals surface area contributed by atoms with Crippen LogP contribution in [0.4, 0.5) is 13.2 Å². The fourth-order valence-corrected chi connectivity index (χ4v) is 3.00. The number of benzene rings is 1. The number of Topliss-reactive ketones (excluding diaryl/α,β-unsaturated/α-hetero) is 1. The number of hydrogen-bond donors (Lipinski definition) is 0. The molecular weight excluding hydrogens is 373 g/mol. The lowest BCUT2D eigenvalue weighted by Crippen LogP contribution is -2.15. The Hall–Kier alpha value is -2.04. The summed E-state index contributed by atoms with van der Waals surface area (Å²) in [5, 5.41) is 9.78. The summed E-state index contributed by atoms with van der Waals surface area (Å²) in [7, 11) is 0. The van der Waals surface area contributed by atoms with Crippen molar-refractivity contribution in [2.24, 2.45) is 0 Å². The van der Waals surface area contributed by atoms with Crippen LogP contribution in [-0.2, 0) is 16.7 Å². The van der Waals surface area contributed by atoms with Crippen molar-refractivity contribution in [3.63, 3.8) is 0 Å². The van der Waals surface area contributed by atoms with Crippen molar-refractivity contribution in [2.45, 2.75) is 17.8 Å². The minimum atomic E-state index is -4.51. The van der Waals surface area contributed by atoms with E-state index >= 15 is 0 Å². The molecule has 130 valence electrons.